The summed E-state index contributed by atoms with van der Waals surface area (Å²) in [7, 11) is 0. The van der Waals surface area contributed by atoms with Crippen molar-refractivity contribution in [2.45, 2.75) is 24.4 Å². The molecule has 0 aromatic heterocycles. The fraction of sp³-hybridized carbons (Fsp3) is 0.167. The topological polar surface area (TPSA) is 9.23 Å². The standard InChI is InChI=1S/C24H18O/c1-2-8-16(9-3-1)21-17-10-4-5-11-18(17)23-22(21)19-12-6-7-13-20(19)25-24(23)14-15-24/h1-13,23H,14-15H2. The Hall–Kier alpha value is -2.80. The van der Waals surface area contributed by atoms with Crippen molar-refractivity contribution in [1.29, 1.82) is 0 Å². The van der Waals surface area contributed by atoms with Crippen molar-refractivity contribution in [2.75, 3.05) is 0 Å². The Kier molecular flexibility index (Phi) is 2.50. The second-order valence-electron chi connectivity index (χ2n) is 7.34. The van der Waals surface area contributed by atoms with E-state index < -0.39 is 0 Å². The highest BCUT2D eigenvalue weighted by Gasteiger charge is 2.59. The van der Waals surface area contributed by atoms with Crippen LogP contribution < -0.4 is 4.74 Å². The van der Waals surface area contributed by atoms with Gasteiger partial charge in [0.1, 0.15) is 11.4 Å². The summed E-state index contributed by atoms with van der Waals surface area (Å²) in [6.45, 7) is 0. The van der Waals surface area contributed by atoms with Gasteiger partial charge in [0.05, 0.1) is 5.92 Å². The molecule has 1 spiro atoms. The molecule has 2 aliphatic carbocycles. The van der Waals surface area contributed by atoms with Gasteiger partial charge in [-0.1, -0.05) is 72.8 Å². The van der Waals surface area contributed by atoms with E-state index in [1.807, 2.05) is 0 Å². The Morgan fingerprint density at radius 3 is 2.20 bits per heavy atom. The highest BCUT2D eigenvalue weighted by Crippen LogP contribution is 2.65. The van der Waals surface area contributed by atoms with Crippen molar-refractivity contribution >= 4 is 11.1 Å². The van der Waals surface area contributed by atoms with Crippen LogP contribution in [0.5, 0.6) is 5.75 Å². The number of benzene rings is 3. The molecule has 25 heavy (non-hydrogen) atoms. The maximum Gasteiger partial charge on any atom is 0.127 e. The van der Waals surface area contributed by atoms with E-state index in [2.05, 4.69) is 78.9 Å². The zero-order chi connectivity index (χ0) is 16.4. The van der Waals surface area contributed by atoms with Gasteiger partial charge < -0.3 is 4.74 Å². The van der Waals surface area contributed by atoms with E-state index in [0.29, 0.717) is 5.92 Å². The van der Waals surface area contributed by atoms with Crippen molar-refractivity contribution in [3.05, 3.63) is 101 Å². The molecule has 120 valence electrons. The number of fused-ring (bicyclic) bond motifs is 6. The van der Waals surface area contributed by atoms with Gasteiger partial charge in [0, 0.05) is 5.56 Å². The molecule has 3 aromatic rings. The summed E-state index contributed by atoms with van der Waals surface area (Å²) in [5, 5.41) is 0. The first-order valence-electron chi connectivity index (χ1n) is 9.05. The molecule has 1 fully saturated rings. The summed E-state index contributed by atoms with van der Waals surface area (Å²) in [6, 6.07) is 28.3. The minimum Gasteiger partial charge on any atom is -0.486 e. The molecule has 1 aliphatic heterocycles. The fourth-order valence-electron chi connectivity index (χ4n) is 4.74. The van der Waals surface area contributed by atoms with Gasteiger partial charge in [-0.15, -0.1) is 0 Å². The van der Waals surface area contributed by atoms with Crippen LogP contribution in [0.4, 0.5) is 0 Å². The van der Waals surface area contributed by atoms with Crippen LogP contribution in [0.15, 0.2) is 78.9 Å². The smallest absolute Gasteiger partial charge is 0.127 e. The van der Waals surface area contributed by atoms with Gasteiger partial charge in [-0.05, 0) is 46.7 Å². The summed E-state index contributed by atoms with van der Waals surface area (Å²) in [5.74, 6) is 1.40. The van der Waals surface area contributed by atoms with Gasteiger partial charge in [-0.2, -0.15) is 0 Å². The van der Waals surface area contributed by atoms with Crippen molar-refractivity contribution in [3.63, 3.8) is 0 Å². The Labute approximate surface area is 147 Å². The lowest BCUT2D eigenvalue weighted by atomic mass is 9.81. The highest BCUT2D eigenvalue weighted by molar-refractivity contribution is 6.07. The van der Waals surface area contributed by atoms with Gasteiger partial charge in [0.15, 0.2) is 0 Å². The first-order valence-corrected chi connectivity index (χ1v) is 9.05. The van der Waals surface area contributed by atoms with Gasteiger partial charge in [0.25, 0.3) is 0 Å². The molecule has 0 bridgehead atoms. The van der Waals surface area contributed by atoms with E-state index in [4.69, 9.17) is 4.74 Å². The minimum absolute atomic E-state index is 0.0314. The Morgan fingerprint density at radius 1 is 0.720 bits per heavy atom. The maximum atomic E-state index is 6.55. The van der Waals surface area contributed by atoms with E-state index in [0.717, 1.165) is 18.6 Å². The molecule has 3 aromatic carbocycles. The third kappa shape index (κ3) is 1.73. The summed E-state index contributed by atoms with van der Waals surface area (Å²) < 4.78 is 6.55. The molecule has 1 heteroatoms. The summed E-state index contributed by atoms with van der Waals surface area (Å²) in [6.07, 6.45) is 2.29. The molecule has 0 radical (unpaired) electrons. The van der Waals surface area contributed by atoms with Crippen molar-refractivity contribution in [1.82, 2.24) is 0 Å². The lowest BCUT2D eigenvalue weighted by Gasteiger charge is -2.34. The Balaban J connectivity index is 1.74. The second-order valence-corrected chi connectivity index (χ2v) is 7.34. The normalized spacial score (nSPS) is 21.4. The second kappa shape index (κ2) is 4.64. The fourth-order valence-corrected chi connectivity index (χ4v) is 4.74. The molecule has 1 nitrogen and oxygen atoms in total. The van der Waals surface area contributed by atoms with E-state index in [-0.39, 0.29) is 5.60 Å². The number of rotatable bonds is 1. The Bertz CT molecular complexity index is 1020. The molecule has 3 aliphatic rings. The van der Waals surface area contributed by atoms with Crippen LogP contribution in [0.25, 0.3) is 11.1 Å². The summed E-state index contributed by atoms with van der Waals surface area (Å²) in [5.41, 5.74) is 8.20. The van der Waals surface area contributed by atoms with Gasteiger partial charge in [-0.3, -0.25) is 0 Å². The van der Waals surface area contributed by atoms with Gasteiger partial charge in [-0.25, -0.2) is 0 Å². The van der Waals surface area contributed by atoms with Crippen molar-refractivity contribution < 1.29 is 4.74 Å². The first kappa shape index (κ1) is 13.5. The summed E-state index contributed by atoms with van der Waals surface area (Å²) >= 11 is 0. The predicted octanol–water partition coefficient (Wildman–Crippen LogP) is 5.67. The lowest BCUT2D eigenvalue weighted by molar-refractivity contribution is 0.157. The van der Waals surface area contributed by atoms with Crippen LogP contribution in [0.2, 0.25) is 0 Å². The number of hydrogen-bond donors (Lipinski definition) is 0. The summed E-state index contributed by atoms with van der Waals surface area (Å²) in [4.78, 5) is 0. The zero-order valence-electron chi connectivity index (χ0n) is 13.9. The molecule has 0 amide bonds. The van der Waals surface area contributed by atoms with Crippen molar-refractivity contribution in [2.24, 2.45) is 0 Å². The monoisotopic (exact) mass is 322 g/mol. The van der Waals surface area contributed by atoms with Crippen LogP contribution >= 0.6 is 0 Å². The zero-order valence-corrected chi connectivity index (χ0v) is 13.9. The number of para-hydroxylation sites is 1. The van der Waals surface area contributed by atoms with Crippen LogP contribution in [0, 0.1) is 0 Å². The molecule has 0 saturated heterocycles. The van der Waals surface area contributed by atoms with Crippen LogP contribution in [0.3, 0.4) is 0 Å². The molecule has 0 N–H and O–H groups in total. The molecular formula is C24H18O. The molecular weight excluding hydrogens is 304 g/mol. The first-order chi connectivity index (χ1) is 12.4. The predicted molar refractivity (Wildman–Crippen MR) is 101 cm³/mol. The third-order valence-electron chi connectivity index (χ3n) is 5.92. The minimum atomic E-state index is -0.0314. The molecule has 1 heterocycles. The maximum absolute atomic E-state index is 6.55. The SMILES string of the molecule is c1ccc(C2=C3c4ccccc4OC4(CC4)C3c3ccccc32)cc1. The average molecular weight is 322 g/mol. The Morgan fingerprint density at radius 2 is 1.40 bits per heavy atom. The molecule has 6 rings (SSSR count). The quantitative estimate of drug-likeness (QED) is 0.561. The average Bonchev–Trinajstić information content (AvgIpc) is 3.33. The molecule has 1 unspecified atom stereocenters. The van der Waals surface area contributed by atoms with Gasteiger partial charge in [0.2, 0.25) is 0 Å². The van der Waals surface area contributed by atoms with Crippen LogP contribution in [-0.2, 0) is 0 Å². The van der Waals surface area contributed by atoms with Crippen LogP contribution in [-0.4, -0.2) is 5.60 Å². The number of ether oxygens (including phenoxy) is 1. The third-order valence-corrected chi connectivity index (χ3v) is 5.92. The van der Waals surface area contributed by atoms with Gasteiger partial charge >= 0.3 is 0 Å². The van der Waals surface area contributed by atoms with E-state index in [9.17, 15) is 0 Å². The molecule has 1 saturated carbocycles. The van der Waals surface area contributed by atoms with Crippen molar-refractivity contribution in [3.8, 4) is 5.75 Å². The van der Waals surface area contributed by atoms with E-state index in [1.165, 1.54) is 33.4 Å². The lowest BCUT2D eigenvalue weighted by Crippen LogP contribution is -2.31. The largest absolute Gasteiger partial charge is 0.486 e. The van der Waals surface area contributed by atoms with E-state index >= 15 is 0 Å². The van der Waals surface area contributed by atoms with E-state index in [1.54, 1.807) is 0 Å². The highest BCUT2D eigenvalue weighted by atomic mass is 16.5. The van der Waals surface area contributed by atoms with Crippen LogP contribution in [0.1, 0.15) is 41.0 Å². The molecule has 1 atom stereocenters. The number of hydrogen-bond acceptors (Lipinski definition) is 1.